The van der Waals surface area contributed by atoms with E-state index >= 15 is 0 Å². The maximum atomic E-state index is 12.1. The molecule has 29 heavy (non-hydrogen) atoms. The highest BCUT2D eigenvalue weighted by atomic mass is 16.6. The van der Waals surface area contributed by atoms with Crippen molar-refractivity contribution in [2.75, 3.05) is 0 Å². The highest BCUT2D eigenvalue weighted by Crippen LogP contribution is 2.29. The standard InChI is InChI=1S/C19H13N3O7/c23-17-14(6-3-7-15(17)22(27)28)18(24)21-20-10-11-8-9-16(29-11)12-4-1-2-5-13(12)19(25)26/h1-10,23H,(H,21,24)(H,25,26)/b20-10-. The molecule has 3 N–H and O–H groups in total. The van der Waals surface area contributed by atoms with Crippen molar-refractivity contribution in [3.05, 3.63) is 81.6 Å². The Kier molecular flexibility index (Phi) is 5.35. The van der Waals surface area contributed by atoms with Gasteiger partial charge in [0.25, 0.3) is 5.91 Å². The summed E-state index contributed by atoms with van der Waals surface area (Å²) in [6.07, 6.45) is 1.17. The molecule has 146 valence electrons. The number of nitro benzene ring substituents is 1. The number of furan rings is 1. The normalized spacial score (nSPS) is 10.8. The number of carbonyl (C=O) groups excluding carboxylic acids is 1. The average molecular weight is 395 g/mol. The Morgan fingerprint density at radius 3 is 2.52 bits per heavy atom. The van der Waals surface area contributed by atoms with Gasteiger partial charge in [0, 0.05) is 11.6 Å². The number of amides is 1. The van der Waals surface area contributed by atoms with Crippen molar-refractivity contribution in [3.63, 3.8) is 0 Å². The number of para-hydroxylation sites is 1. The molecule has 0 saturated carbocycles. The number of nitrogens with zero attached hydrogens (tertiary/aromatic N) is 2. The van der Waals surface area contributed by atoms with Gasteiger partial charge in [0.1, 0.15) is 11.5 Å². The van der Waals surface area contributed by atoms with E-state index in [4.69, 9.17) is 4.42 Å². The van der Waals surface area contributed by atoms with Crippen LogP contribution < -0.4 is 5.43 Å². The minimum atomic E-state index is -1.10. The summed E-state index contributed by atoms with van der Waals surface area (Å²) in [6.45, 7) is 0. The number of rotatable bonds is 6. The van der Waals surface area contributed by atoms with Crippen LogP contribution in [0.2, 0.25) is 0 Å². The van der Waals surface area contributed by atoms with Crippen LogP contribution in [0, 0.1) is 10.1 Å². The first-order valence-corrected chi connectivity index (χ1v) is 8.10. The Labute approximate surface area is 162 Å². The van der Waals surface area contributed by atoms with E-state index < -0.39 is 28.2 Å². The first-order valence-electron chi connectivity index (χ1n) is 8.10. The average Bonchev–Trinajstić information content (AvgIpc) is 3.16. The minimum Gasteiger partial charge on any atom is -0.502 e. The lowest BCUT2D eigenvalue weighted by Gasteiger charge is -2.03. The Morgan fingerprint density at radius 2 is 1.79 bits per heavy atom. The summed E-state index contributed by atoms with van der Waals surface area (Å²) >= 11 is 0. The molecular formula is C19H13N3O7. The zero-order chi connectivity index (χ0) is 21.0. The van der Waals surface area contributed by atoms with E-state index in [1.165, 1.54) is 30.5 Å². The maximum absolute atomic E-state index is 12.1. The van der Waals surface area contributed by atoms with Crippen LogP contribution in [-0.4, -0.2) is 33.2 Å². The first kappa shape index (κ1) is 19.3. The number of hydrogen-bond donors (Lipinski definition) is 3. The molecule has 3 aromatic rings. The minimum absolute atomic E-state index is 0.0692. The Hall–Kier alpha value is -4.47. The second-order valence-corrected chi connectivity index (χ2v) is 5.68. The number of nitro groups is 1. The molecular weight excluding hydrogens is 382 g/mol. The van der Waals surface area contributed by atoms with E-state index in [1.54, 1.807) is 24.3 Å². The molecule has 1 amide bonds. The van der Waals surface area contributed by atoms with Crippen molar-refractivity contribution in [3.8, 4) is 17.1 Å². The molecule has 1 aromatic heterocycles. The third-order valence-electron chi connectivity index (χ3n) is 3.86. The fraction of sp³-hybridized carbons (Fsp3) is 0. The molecule has 10 heteroatoms. The molecule has 0 saturated heterocycles. The van der Waals surface area contributed by atoms with E-state index in [-0.39, 0.29) is 16.9 Å². The van der Waals surface area contributed by atoms with E-state index in [0.29, 0.717) is 11.3 Å². The van der Waals surface area contributed by atoms with Gasteiger partial charge in [-0.2, -0.15) is 5.10 Å². The molecule has 0 atom stereocenters. The van der Waals surface area contributed by atoms with E-state index in [2.05, 4.69) is 10.5 Å². The van der Waals surface area contributed by atoms with Crippen molar-refractivity contribution in [1.29, 1.82) is 0 Å². The number of carbonyl (C=O) groups is 2. The zero-order valence-corrected chi connectivity index (χ0v) is 14.6. The maximum Gasteiger partial charge on any atom is 0.336 e. The van der Waals surface area contributed by atoms with Gasteiger partial charge in [-0.15, -0.1) is 0 Å². The van der Waals surface area contributed by atoms with Crippen molar-refractivity contribution in [1.82, 2.24) is 5.43 Å². The number of aromatic hydroxyl groups is 1. The van der Waals surface area contributed by atoms with Gasteiger partial charge >= 0.3 is 11.7 Å². The third-order valence-corrected chi connectivity index (χ3v) is 3.86. The Bertz CT molecular complexity index is 1130. The molecule has 0 aliphatic heterocycles. The summed E-state index contributed by atoms with van der Waals surface area (Å²) < 4.78 is 5.52. The van der Waals surface area contributed by atoms with Gasteiger partial charge in [0.15, 0.2) is 0 Å². The summed E-state index contributed by atoms with van der Waals surface area (Å²) in [7, 11) is 0. The predicted molar refractivity (Wildman–Crippen MR) is 101 cm³/mol. The molecule has 0 fully saturated rings. The van der Waals surface area contributed by atoms with Crippen molar-refractivity contribution in [2.45, 2.75) is 0 Å². The molecule has 0 spiro atoms. The number of phenols is 1. The van der Waals surface area contributed by atoms with Crippen molar-refractivity contribution < 1.29 is 29.1 Å². The van der Waals surface area contributed by atoms with Gasteiger partial charge in [0.2, 0.25) is 5.75 Å². The SMILES string of the molecule is O=C(O)c1ccccc1-c1ccc(/C=N\NC(=O)c2cccc([N+](=O)[O-])c2O)o1. The van der Waals surface area contributed by atoms with Crippen LogP contribution in [0.15, 0.2) is 64.1 Å². The molecule has 0 bridgehead atoms. The summed E-state index contributed by atoms with van der Waals surface area (Å²) in [6, 6.07) is 12.9. The molecule has 1 heterocycles. The molecule has 10 nitrogen and oxygen atoms in total. The lowest BCUT2D eigenvalue weighted by atomic mass is 10.1. The highest BCUT2D eigenvalue weighted by Gasteiger charge is 2.20. The number of carboxylic acids is 1. The predicted octanol–water partition coefficient (Wildman–Crippen LogP) is 3.02. The van der Waals surface area contributed by atoms with E-state index in [9.17, 15) is 29.9 Å². The fourth-order valence-corrected chi connectivity index (χ4v) is 2.53. The molecule has 0 unspecified atom stereocenters. The quantitative estimate of drug-likeness (QED) is 0.329. The number of phenolic OH excluding ortho intramolecular Hbond substituents is 1. The van der Waals surface area contributed by atoms with Crippen LogP contribution in [0.5, 0.6) is 5.75 Å². The van der Waals surface area contributed by atoms with Gasteiger partial charge in [-0.1, -0.05) is 24.3 Å². The van der Waals surface area contributed by atoms with Gasteiger partial charge in [-0.05, 0) is 24.3 Å². The van der Waals surface area contributed by atoms with E-state index in [1.807, 2.05) is 0 Å². The second kappa shape index (κ2) is 8.05. The highest BCUT2D eigenvalue weighted by molar-refractivity contribution is 5.98. The van der Waals surface area contributed by atoms with Gasteiger partial charge < -0.3 is 14.6 Å². The smallest absolute Gasteiger partial charge is 0.336 e. The number of benzene rings is 2. The number of hydrazone groups is 1. The van der Waals surface area contributed by atoms with E-state index in [0.717, 1.165) is 6.07 Å². The van der Waals surface area contributed by atoms with Gasteiger partial charge in [0.05, 0.1) is 22.3 Å². The van der Waals surface area contributed by atoms with Crippen LogP contribution >= 0.6 is 0 Å². The molecule has 3 rings (SSSR count). The van der Waals surface area contributed by atoms with Crippen LogP contribution in [0.3, 0.4) is 0 Å². The molecule has 0 aliphatic rings. The summed E-state index contributed by atoms with van der Waals surface area (Å²) in [4.78, 5) is 33.4. The van der Waals surface area contributed by atoms with Crippen LogP contribution in [0.1, 0.15) is 26.5 Å². The lowest BCUT2D eigenvalue weighted by Crippen LogP contribution is -2.17. The lowest BCUT2D eigenvalue weighted by molar-refractivity contribution is -0.385. The van der Waals surface area contributed by atoms with Crippen molar-refractivity contribution >= 4 is 23.8 Å². The molecule has 2 aromatic carbocycles. The monoisotopic (exact) mass is 395 g/mol. The third kappa shape index (κ3) is 4.11. The second-order valence-electron chi connectivity index (χ2n) is 5.68. The Balaban J connectivity index is 1.75. The van der Waals surface area contributed by atoms with Crippen LogP contribution in [0.25, 0.3) is 11.3 Å². The van der Waals surface area contributed by atoms with Crippen LogP contribution in [0.4, 0.5) is 5.69 Å². The number of carboxylic acid groups (broad SMARTS) is 1. The Morgan fingerprint density at radius 1 is 1.07 bits per heavy atom. The molecule has 0 radical (unpaired) electrons. The topological polar surface area (TPSA) is 155 Å². The zero-order valence-electron chi connectivity index (χ0n) is 14.6. The summed E-state index contributed by atoms with van der Waals surface area (Å²) in [5.41, 5.74) is 1.66. The molecule has 0 aliphatic carbocycles. The van der Waals surface area contributed by atoms with Crippen molar-refractivity contribution in [2.24, 2.45) is 5.10 Å². The number of hydrogen-bond acceptors (Lipinski definition) is 7. The largest absolute Gasteiger partial charge is 0.502 e. The number of nitrogens with one attached hydrogen (secondary N) is 1. The fourth-order valence-electron chi connectivity index (χ4n) is 2.53. The summed E-state index contributed by atoms with van der Waals surface area (Å²) in [5, 5.41) is 33.6. The van der Waals surface area contributed by atoms with Crippen LogP contribution in [-0.2, 0) is 0 Å². The van der Waals surface area contributed by atoms with Gasteiger partial charge in [-0.3, -0.25) is 14.9 Å². The van der Waals surface area contributed by atoms with Gasteiger partial charge in [-0.25, -0.2) is 10.2 Å². The first-order chi connectivity index (χ1) is 13.9. The summed E-state index contributed by atoms with van der Waals surface area (Å²) in [5.74, 6) is -2.20. The number of aromatic carboxylic acids is 1.